The zero-order chi connectivity index (χ0) is 13.0. The van der Waals surface area contributed by atoms with Crippen molar-refractivity contribution in [2.45, 2.75) is 19.8 Å². The van der Waals surface area contributed by atoms with Gasteiger partial charge in [-0.3, -0.25) is 10.1 Å². The minimum atomic E-state index is -0.384. The molecule has 1 aromatic carbocycles. The van der Waals surface area contributed by atoms with Gasteiger partial charge in [-0.25, -0.2) is 0 Å². The molecule has 1 aliphatic heterocycles. The highest BCUT2D eigenvalue weighted by molar-refractivity contribution is 5.48. The lowest BCUT2D eigenvalue weighted by molar-refractivity contribution is -0.887. The number of nitro groups is 1. The SMILES string of the molecule is Cc1ccc(OCC[NH+]2CCCC2)c([N+](=O)[O-])c1. The normalized spacial score (nSPS) is 15.8. The number of likely N-dealkylation sites (tertiary alicyclic amines) is 1. The summed E-state index contributed by atoms with van der Waals surface area (Å²) in [5, 5.41) is 10.9. The largest absolute Gasteiger partial charge is 0.481 e. The van der Waals surface area contributed by atoms with Crippen LogP contribution < -0.4 is 9.64 Å². The van der Waals surface area contributed by atoms with E-state index in [1.54, 1.807) is 12.1 Å². The molecule has 0 saturated carbocycles. The number of nitro benzene ring substituents is 1. The maximum atomic E-state index is 10.9. The van der Waals surface area contributed by atoms with Crippen molar-refractivity contribution in [3.8, 4) is 5.75 Å². The Morgan fingerprint density at radius 2 is 2.11 bits per heavy atom. The number of ether oxygens (including phenoxy) is 1. The molecule has 5 nitrogen and oxygen atoms in total. The van der Waals surface area contributed by atoms with Crippen LogP contribution >= 0.6 is 0 Å². The summed E-state index contributed by atoms with van der Waals surface area (Å²) in [5.41, 5.74) is 0.936. The topological polar surface area (TPSA) is 56.8 Å². The second-order valence-electron chi connectivity index (χ2n) is 4.78. The highest BCUT2D eigenvalue weighted by Gasteiger charge is 2.17. The first kappa shape index (κ1) is 12.8. The Labute approximate surface area is 107 Å². The second kappa shape index (κ2) is 5.82. The number of quaternary nitrogens is 1. The summed E-state index contributed by atoms with van der Waals surface area (Å²) in [4.78, 5) is 12.1. The summed E-state index contributed by atoms with van der Waals surface area (Å²) >= 11 is 0. The minimum absolute atomic E-state index is 0.0615. The van der Waals surface area contributed by atoms with Crippen molar-refractivity contribution in [3.63, 3.8) is 0 Å². The van der Waals surface area contributed by atoms with Crippen molar-refractivity contribution in [1.29, 1.82) is 0 Å². The van der Waals surface area contributed by atoms with Crippen LogP contribution in [-0.4, -0.2) is 31.2 Å². The Kier molecular flexibility index (Phi) is 4.15. The Morgan fingerprint density at radius 1 is 1.39 bits per heavy atom. The monoisotopic (exact) mass is 251 g/mol. The Hall–Kier alpha value is -1.62. The molecule has 18 heavy (non-hydrogen) atoms. The molecule has 1 fully saturated rings. The van der Waals surface area contributed by atoms with Gasteiger partial charge < -0.3 is 9.64 Å². The first-order chi connectivity index (χ1) is 8.66. The zero-order valence-corrected chi connectivity index (χ0v) is 10.6. The molecule has 0 amide bonds. The molecule has 1 aliphatic rings. The molecule has 2 rings (SSSR count). The van der Waals surface area contributed by atoms with Gasteiger partial charge in [-0.1, -0.05) is 6.07 Å². The molecule has 0 bridgehead atoms. The number of nitrogens with zero attached hydrogens (tertiary/aromatic N) is 1. The average molecular weight is 251 g/mol. The van der Waals surface area contributed by atoms with E-state index in [0.29, 0.717) is 12.4 Å². The number of hydrogen-bond donors (Lipinski definition) is 1. The smallest absolute Gasteiger partial charge is 0.311 e. The second-order valence-corrected chi connectivity index (χ2v) is 4.78. The van der Waals surface area contributed by atoms with Crippen molar-refractivity contribution >= 4 is 5.69 Å². The molecule has 0 aromatic heterocycles. The number of nitrogens with one attached hydrogen (secondary N) is 1. The lowest BCUT2D eigenvalue weighted by atomic mass is 10.2. The minimum Gasteiger partial charge on any atom is -0.481 e. The summed E-state index contributed by atoms with van der Waals surface area (Å²) in [5.74, 6) is 0.379. The summed E-state index contributed by atoms with van der Waals surface area (Å²) in [6.07, 6.45) is 2.56. The molecule has 0 atom stereocenters. The fraction of sp³-hybridized carbons (Fsp3) is 0.538. The third kappa shape index (κ3) is 3.20. The predicted molar refractivity (Wildman–Crippen MR) is 68.1 cm³/mol. The fourth-order valence-electron chi connectivity index (χ4n) is 2.32. The first-order valence-corrected chi connectivity index (χ1v) is 6.38. The van der Waals surface area contributed by atoms with Crippen molar-refractivity contribution < 1.29 is 14.6 Å². The van der Waals surface area contributed by atoms with Crippen LogP contribution in [0.3, 0.4) is 0 Å². The van der Waals surface area contributed by atoms with Crippen LogP contribution in [0.5, 0.6) is 5.75 Å². The van der Waals surface area contributed by atoms with Gasteiger partial charge in [0, 0.05) is 18.9 Å². The average Bonchev–Trinajstić information content (AvgIpc) is 2.84. The van der Waals surface area contributed by atoms with Gasteiger partial charge in [0.1, 0.15) is 13.2 Å². The van der Waals surface area contributed by atoms with E-state index in [0.717, 1.165) is 12.1 Å². The molecular weight excluding hydrogens is 232 g/mol. The lowest BCUT2D eigenvalue weighted by Gasteiger charge is -2.12. The summed E-state index contributed by atoms with van der Waals surface area (Å²) in [6, 6.07) is 5.08. The highest BCUT2D eigenvalue weighted by Crippen LogP contribution is 2.27. The molecule has 1 N–H and O–H groups in total. The van der Waals surface area contributed by atoms with E-state index < -0.39 is 0 Å². The van der Waals surface area contributed by atoms with Gasteiger partial charge in [0.15, 0.2) is 5.75 Å². The molecule has 5 heteroatoms. The van der Waals surface area contributed by atoms with Crippen LogP contribution in [0, 0.1) is 17.0 Å². The number of benzene rings is 1. The van der Waals surface area contributed by atoms with Crippen molar-refractivity contribution in [3.05, 3.63) is 33.9 Å². The Morgan fingerprint density at radius 3 is 2.78 bits per heavy atom. The molecule has 0 radical (unpaired) electrons. The molecular formula is C13H19N2O3+. The molecule has 1 saturated heterocycles. The predicted octanol–water partition coefficient (Wildman–Crippen LogP) is 0.961. The number of aryl methyl sites for hydroxylation is 1. The van der Waals surface area contributed by atoms with E-state index in [9.17, 15) is 10.1 Å². The van der Waals surface area contributed by atoms with E-state index in [-0.39, 0.29) is 10.6 Å². The third-order valence-corrected chi connectivity index (χ3v) is 3.33. The lowest BCUT2D eigenvalue weighted by Crippen LogP contribution is -3.10. The van der Waals surface area contributed by atoms with Crippen LogP contribution in [0.4, 0.5) is 5.69 Å². The van der Waals surface area contributed by atoms with Gasteiger partial charge in [-0.2, -0.15) is 0 Å². The fourth-order valence-corrected chi connectivity index (χ4v) is 2.32. The van der Waals surface area contributed by atoms with E-state index in [1.807, 2.05) is 13.0 Å². The van der Waals surface area contributed by atoms with Crippen LogP contribution in [-0.2, 0) is 0 Å². The third-order valence-electron chi connectivity index (χ3n) is 3.33. The van der Waals surface area contributed by atoms with Crippen LogP contribution in [0.2, 0.25) is 0 Å². The van der Waals surface area contributed by atoms with Crippen LogP contribution in [0.25, 0.3) is 0 Å². The van der Waals surface area contributed by atoms with Gasteiger partial charge in [0.05, 0.1) is 18.0 Å². The van der Waals surface area contributed by atoms with Crippen LogP contribution in [0.1, 0.15) is 18.4 Å². The van der Waals surface area contributed by atoms with Gasteiger partial charge in [-0.05, 0) is 18.6 Å². The molecule has 0 spiro atoms. The summed E-state index contributed by atoms with van der Waals surface area (Å²) in [7, 11) is 0. The van der Waals surface area contributed by atoms with E-state index >= 15 is 0 Å². The van der Waals surface area contributed by atoms with E-state index in [1.165, 1.54) is 30.8 Å². The summed E-state index contributed by atoms with van der Waals surface area (Å²) in [6.45, 7) is 5.69. The standard InChI is InChI=1S/C13H18N2O3/c1-11-4-5-13(12(10-11)15(16)17)18-9-8-14-6-2-3-7-14/h4-5,10H,2-3,6-9H2,1H3/p+1. The summed E-state index contributed by atoms with van der Waals surface area (Å²) < 4.78 is 5.55. The van der Waals surface area contributed by atoms with E-state index in [2.05, 4.69) is 0 Å². The van der Waals surface area contributed by atoms with E-state index in [4.69, 9.17) is 4.74 Å². The van der Waals surface area contributed by atoms with Crippen molar-refractivity contribution in [2.75, 3.05) is 26.2 Å². The van der Waals surface area contributed by atoms with Gasteiger partial charge in [0.25, 0.3) is 0 Å². The maximum Gasteiger partial charge on any atom is 0.311 e. The first-order valence-electron chi connectivity index (χ1n) is 6.38. The number of rotatable bonds is 5. The zero-order valence-electron chi connectivity index (χ0n) is 10.6. The highest BCUT2D eigenvalue weighted by atomic mass is 16.6. The van der Waals surface area contributed by atoms with Crippen LogP contribution in [0.15, 0.2) is 18.2 Å². The molecule has 98 valence electrons. The van der Waals surface area contributed by atoms with Crippen molar-refractivity contribution in [2.24, 2.45) is 0 Å². The Bertz CT molecular complexity index is 428. The maximum absolute atomic E-state index is 10.9. The molecule has 0 aliphatic carbocycles. The van der Waals surface area contributed by atoms with Gasteiger partial charge in [-0.15, -0.1) is 0 Å². The molecule has 1 aromatic rings. The molecule has 1 heterocycles. The molecule has 0 unspecified atom stereocenters. The van der Waals surface area contributed by atoms with Crippen molar-refractivity contribution in [1.82, 2.24) is 0 Å². The van der Waals surface area contributed by atoms with Gasteiger partial charge >= 0.3 is 5.69 Å². The Balaban J connectivity index is 1.93. The number of hydrogen-bond acceptors (Lipinski definition) is 3. The van der Waals surface area contributed by atoms with Gasteiger partial charge in [0.2, 0.25) is 0 Å². The quantitative estimate of drug-likeness (QED) is 0.626.